The number of halogens is 3. The number of aliphatic hydroxyl groups is 4. The summed E-state index contributed by atoms with van der Waals surface area (Å²) in [5.41, 5.74) is 32.0. The fraction of sp³-hybridized carbons (Fsp3) is 0.514. The smallest absolute Gasteiger partial charge is 0.463 e. The summed E-state index contributed by atoms with van der Waals surface area (Å²) in [6.45, 7) is 29.5. The van der Waals surface area contributed by atoms with E-state index in [0.717, 1.165) is 118 Å². The van der Waals surface area contributed by atoms with E-state index in [1.165, 1.54) is 50.1 Å². The predicted molar refractivity (Wildman–Crippen MR) is 581 cm³/mol. The van der Waals surface area contributed by atoms with Crippen molar-refractivity contribution >= 4 is 115 Å². The molecule has 1 saturated heterocycles. The van der Waals surface area contributed by atoms with Gasteiger partial charge in [-0.1, -0.05) is 111 Å². The molecule has 4 aromatic heterocycles. The van der Waals surface area contributed by atoms with Crippen LogP contribution in [0, 0.1) is 10.2 Å². The minimum Gasteiger partial charge on any atom is -0.463 e. The lowest BCUT2D eigenvalue weighted by Gasteiger charge is -2.38. The van der Waals surface area contributed by atoms with Gasteiger partial charge in [0.1, 0.15) is 39.5 Å². The molecule has 2 aliphatic heterocycles. The summed E-state index contributed by atoms with van der Waals surface area (Å²) in [5, 5.41) is 51.8. The van der Waals surface area contributed by atoms with Crippen LogP contribution in [0.2, 0.25) is 0 Å². The Morgan fingerprint density at radius 2 is 0.719 bits per heavy atom. The van der Waals surface area contributed by atoms with Crippen LogP contribution in [0.4, 0.5) is 43.0 Å². The van der Waals surface area contributed by atoms with E-state index < -0.39 is 76.2 Å². The molecule has 6 heterocycles. The SMILES string of the molecule is CC(C)(C)OC(=O)NC1(CO)CCc2cccc(Br)c2C1.CC(C)(C)OC(=O)OC(=O)OC(C)(C)C.CN(C)c1ncc(-c2cccc3c2CC(CO)(NC(=O)OC(C)(C)C)CC3)cn1.CN(C)c1ncc(-c2cccc3c2CC(N)(CO)CC3)cn1.CN(C)c1ncc(-c2cccc3c2CC2(CC3)COC(N)=N2)cn1.CN(C)c1ncc(B2OC(C)(C)C(C)(C)O2)cn1.N#CBr.NC1(CO)CCc2cccc(Br)c2C1. The van der Waals surface area contributed by atoms with Gasteiger partial charge in [0.2, 0.25) is 23.8 Å². The normalized spacial score (nSPS) is 19.9. The van der Waals surface area contributed by atoms with Crippen molar-refractivity contribution in [3.8, 4) is 38.4 Å². The predicted octanol–water partition coefficient (Wildman–Crippen LogP) is 15.5. The number of benzene rings is 5. The van der Waals surface area contributed by atoms with Crippen LogP contribution in [0.3, 0.4) is 0 Å². The summed E-state index contributed by atoms with van der Waals surface area (Å²) in [7, 11) is 14.9. The molecule has 12 N–H and O–H groups in total. The molecule has 790 valence electrons. The summed E-state index contributed by atoms with van der Waals surface area (Å²) in [4.78, 5) is 95.1. The number of nitriles is 1. The molecule has 39 heteroatoms. The molecular formula is C107H147BBr3N19O16. The first kappa shape index (κ1) is 118. The van der Waals surface area contributed by atoms with Crippen LogP contribution in [0.15, 0.2) is 155 Å². The first-order valence-electron chi connectivity index (χ1n) is 48.6. The Balaban J connectivity index is 0.000000191. The number of amidine groups is 1. The van der Waals surface area contributed by atoms with Gasteiger partial charge in [-0.15, -0.1) is 0 Å². The Labute approximate surface area is 885 Å². The van der Waals surface area contributed by atoms with Gasteiger partial charge < -0.3 is 106 Å². The van der Waals surface area contributed by atoms with Crippen molar-refractivity contribution in [2.45, 2.75) is 268 Å². The lowest BCUT2D eigenvalue weighted by molar-refractivity contribution is -0.0295. The van der Waals surface area contributed by atoms with Crippen molar-refractivity contribution < 1.29 is 77.3 Å². The molecule has 35 nitrogen and oxygen atoms in total. The molecule has 5 atom stereocenters. The van der Waals surface area contributed by atoms with Crippen LogP contribution in [0.1, 0.15) is 199 Å². The third-order valence-corrected chi connectivity index (χ3v) is 26.9. The van der Waals surface area contributed by atoms with E-state index in [2.05, 4.69) is 163 Å². The number of aryl methyl sites for hydroxylation is 5. The van der Waals surface area contributed by atoms with Gasteiger partial charge in [-0.05, 0) is 285 Å². The van der Waals surface area contributed by atoms with Crippen molar-refractivity contribution in [2.75, 3.05) is 109 Å². The van der Waals surface area contributed by atoms with Gasteiger partial charge in [-0.3, -0.25) is 0 Å². The van der Waals surface area contributed by atoms with Crippen LogP contribution in [-0.4, -0.2) is 249 Å². The maximum Gasteiger partial charge on any atom is 0.519 e. The molecule has 146 heavy (non-hydrogen) atoms. The number of rotatable bonds is 14. The first-order valence-corrected chi connectivity index (χ1v) is 51.0. The fourth-order valence-corrected chi connectivity index (χ4v) is 18.2. The third-order valence-electron chi connectivity index (χ3n) is 25.4. The van der Waals surface area contributed by atoms with Crippen LogP contribution in [0.25, 0.3) is 33.4 Å². The van der Waals surface area contributed by atoms with Crippen LogP contribution >= 0.6 is 47.8 Å². The Morgan fingerprint density at radius 1 is 0.432 bits per heavy atom. The number of aliphatic hydroxyl groups excluding tert-OH is 4. The molecule has 1 fully saturated rings. The van der Waals surface area contributed by atoms with E-state index in [1.54, 1.807) is 58.9 Å². The van der Waals surface area contributed by atoms with Gasteiger partial charge >= 0.3 is 31.6 Å². The number of anilines is 4. The molecule has 5 unspecified atom stereocenters. The van der Waals surface area contributed by atoms with Gasteiger partial charge in [-0.2, -0.15) is 5.26 Å². The second-order valence-electron chi connectivity index (χ2n) is 43.5. The Hall–Kier alpha value is -11.2. The number of fused-ring (bicyclic) bond motifs is 5. The number of carbonyl (C=O) groups excluding carboxylic acids is 4. The van der Waals surface area contributed by atoms with Crippen LogP contribution < -0.4 is 52.9 Å². The number of aromatic nitrogens is 8. The number of amides is 2. The molecule has 0 radical (unpaired) electrons. The number of hydrogen-bond acceptors (Lipinski definition) is 33. The monoisotopic (exact) mass is 2200 g/mol. The van der Waals surface area contributed by atoms with Gasteiger partial charge in [0, 0.05) is 170 Å². The Kier molecular flexibility index (Phi) is 40.7. The summed E-state index contributed by atoms with van der Waals surface area (Å²) >= 11 is 9.53. The van der Waals surface area contributed by atoms with E-state index in [-0.39, 0.29) is 43.2 Å². The summed E-state index contributed by atoms with van der Waals surface area (Å²) in [6.07, 6.45) is 23.4. The standard InChI is InChI=1S/C22H30N4O3.C18H21N5O.C17H22N4O.C16H22BrNO3.C12H20BN3O2.C11H14BrNO.C10H18O5.CBrN/c1-21(2,3)29-20(28)25-22(14-27)10-9-15-7-6-8-17(18(15)11-22)16-12-23-19(24-13-16)26(4)5;1-23(2)17-20-9-13(10-21-17)14-5-3-4-12-6-7-18(8-15(12)14)11-24-16(19)22-18;1-21(2)16-19-9-13(10-20-16)14-5-3-4-12-6-7-17(18,11-22)8-15(12)14;1-15(2,3)21-14(20)18-16(10-19)8-7-11-5-4-6-13(17)12(11)9-16;1-11(2)12(3,4)18-13(17-11)9-7-14-10(15-8-9)16(5)6;12-10-3-1-2-8-4-5-11(13,7-14)6-9(8)10;1-9(2,3)14-7(11)13-8(12)15-10(4,5)6;2-1-3/h6-8,12-13,27H,9-11,14H2,1-5H3,(H,25,28);3-5,9-10H,6-8,11H2,1-2H3,(H2,19,22);3-5,9-10,22H,6-8,11,18H2,1-2H3;4-6,19H,7-10H2,1-3H3,(H,18,20);7-8H,1-6H3;1-3,14H,4-7,13H2;1-6H3;. The molecular weight excluding hydrogens is 2060 g/mol. The zero-order valence-electron chi connectivity index (χ0n) is 88.8. The van der Waals surface area contributed by atoms with E-state index in [9.17, 15) is 39.6 Å². The second kappa shape index (κ2) is 50.2. The largest absolute Gasteiger partial charge is 0.519 e. The molecule has 0 saturated carbocycles. The fourth-order valence-electron chi connectivity index (χ4n) is 17.1. The number of nitrogens with two attached hydrogens (primary N) is 3. The van der Waals surface area contributed by atoms with Crippen LogP contribution in [-0.2, 0) is 102 Å². The van der Waals surface area contributed by atoms with Gasteiger partial charge in [0.25, 0.3) is 6.02 Å². The average molecular weight is 2210 g/mol. The topological polar surface area (TPSA) is 477 Å². The van der Waals surface area contributed by atoms with Gasteiger partial charge in [0.05, 0.1) is 48.7 Å². The Morgan fingerprint density at radius 3 is 1.03 bits per heavy atom. The molecule has 5 aromatic carbocycles. The molecule has 0 bridgehead atoms. The van der Waals surface area contributed by atoms with Crippen LogP contribution in [0.5, 0.6) is 0 Å². The third kappa shape index (κ3) is 33.7. The lowest BCUT2D eigenvalue weighted by atomic mass is 9.76. The van der Waals surface area contributed by atoms with Crippen molar-refractivity contribution in [3.05, 3.63) is 205 Å². The number of nitrogens with zero attached hydrogens (tertiary/aromatic N) is 14. The van der Waals surface area contributed by atoms with E-state index >= 15 is 0 Å². The molecule has 1 spiro atoms. The first-order chi connectivity index (χ1) is 68.2. The summed E-state index contributed by atoms with van der Waals surface area (Å²) in [5.74, 6) is 2.73. The zero-order chi connectivity index (χ0) is 108. The van der Waals surface area contributed by atoms with E-state index in [4.69, 9.17) is 55.5 Å². The number of nitrogens with one attached hydrogen (secondary N) is 2. The minimum atomic E-state index is -1.06. The molecule has 9 aromatic rings. The summed E-state index contributed by atoms with van der Waals surface area (Å²) in [6, 6.07) is 31.5. The second-order valence-corrected chi connectivity index (χ2v) is 45.6. The number of carbonyl (C=O) groups is 4. The Bertz CT molecular complexity index is 5940. The van der Waals surface area contributed by atoms with Crippen molar-refractivity contribution in [2.24, 2.45) is 22.2 Å². The molecule has 16 rings (SSSR count). The molecule has 2 amide bonds. The maximum absolute atomic E-state index is 12.4. The van der Waals surface area contributed by atoms with E-state index in [0.29, 0.717) is 68.5 Å². The highest BCUT2D eigenvalue weighted by molar-refractivity contribution is 9.12. The van der Waals surface area contributed by atoms with Crippen molar-refractivity contribution in [1.82, 2.24) is 50.5 Å². The highest BCUT2D eigenvalue weighted by Gasteiger charge is 2.52. The van der Waals surface area contributed by atoms with Crippen molar-refractivity contribution in [1.29, 1.82) is 5.26 Å². The molecule has 5 aliphatic carbocycles. The highest BCUT2D eigenvalue weighted by Crippen LogP contribution is 2.43. The number of hydrogen-bond donors (Lipinski definition) is 9. The highest BCUT2D eigenvalue weighted by atomic mass is 79.9. The average Bonchev–Trinajstić information content (AvgIpc) is 1.45. The van der Waals surface area contributed by atoms with Crippen molar-refractivity contribution in [3.63, 3.8) is 0 Å². The lowest BCUT2D eigenvalue weighted by Crippen LogP contribution is -2.55. The number of aliphatic imine (C=N–C) groups is 1. The molecule has 7 aliphatic rings. The summed E-state index contributed by atoms with van der Waals surface area (Å²) < 4.78 is 44.0. The van der Waals surface area contributed by atoms with E-state index in [1.807, 2.05) is 219 Å². The zero-order valence-corrected chi connectivity index (χ0v) is 93.6. The maximum atomic E-state index is 12.4. The number of ether oxygens (including phenoxy) is 6. The van der Waals surface area contributed by atoms with Gasteiger partial charge in [0.15, 0.2) is 0 Å². The number of alkyl carbamates (subject to hydrolysis) is 2. The minimum absolute atomic E-state index is 0.0108. The van der Waals surface area contributed by atoms with Gasteiger partial charge in [-0.25, -0.2) is 64.0 Å². The quantitative estimate of drug-likeness (QED) is 0.0211.